The van der Waals surface area contributed by atoms with Crippen LogP contribution in [0.4, 0.5) is 0 Å². The lowest BCUT2D eigenvalue weighted by atomic mass is 9.93. The van der Waals surface area contributed by atoms with Crippen molar-refractivity contribution in [2.75, 3.05) is 6.54 Å². The minimum Gasteiger partial charge on any atom is -0.472 e. The molecule has 1 N–H and O–H groups in total. The summed E-state index contributed by atoms with van der Waals surface area (Å²) in [5.74, 6) is 0.508. The third-order valence-corrected chi connectivity index (χ3v) is 2.90. The molecule has 0 spiro atoms. The molecule has 2 unspecified atom stereocenters. The number of hydrogen-bond acceptors (Lipinski definition) is 3. The minimum atomic E-state index is 0.185. The van der Waals surface area contributed by atoms with Crippen LogP contribution in [0.25, 0.3) is 0 Å². The fourth-order valence-corrected chi connectivity index (χ4v) is 2.02. The smallest absolute Gasteiger partial charge is 0.142 e. The molecule has 0 amide bonds. The van der Waals surface area contributed by atoms with Crippen molar-refractivity contribution in [2.24, 2.45) is 5.92 Å². The number of furan rings is 1. The van der Waals surface area contributed by atoms with E-state index in [1.165, 1.54) is 0 Å². The first-order chi connectivity index (χ1) is 6.77. The van der Waals surface area contributed by atoms with Crippen molar-refractivity contribution in [1.29, 1.82) is 0 Å². The molecule has 1 aliphatic heterocycles. The highest BCUT2D eigenvalue weighted by molar-refractivity contribution is 5.84. The molecule has 0 aromatic carbocycles. The van der Waals surface area contributed by atoms with Crippen molar-refractivity contribution >= 4 is 5.78 Å². The van der Waals surface area contributed by atoms with Crippen molar-refractivity contribution in [3.05, 3.63) is 24.2 Å². The van der Waals surface area contributed by atoms with Crippen LogP contribution in [0.15, 0.2) is 23.0 Å². The number of ketones is 1. The van der Waals surface area contributed by atoms with Gasteiger partial charge in [0.2, 0.25) is 0 Å². The van der Waals surface area contributed by atoms with Crippen molar-refractivity contribution in [2.45, 2.75) is 25.8 Å². The molecule has 0 radical (unpaired) electrons. The van der Waals surface area contributed by atoms with Crippen LogP contribution in [0.3, 0.4) is 0 Å². The normalized spacial score (nSPS) is 26.6. The van der Waals surface area contributed by atoms with Gasteiger partial charge in [0.25, 0.3) is 0 Å². The maximum absolute atomic E-state index is 11.8. The number of hydrogen-bond donors (Lipinski definition) is 1. The summed E-state index contributed by atoms with van der Waals surface area (Å²) in [5.41, 5.74) is 0.981. The predicted octanol–water partition coefficient (Wildman–Crippen LogP) is 1.39. The SMILES string of the molecule is CC1NCCC1C(=O)Cc1ccoc1. The average molecular weight is 193 g/mol. The van der Waals surface area contributed by atoms with Crippen LogP contribution in [0, 0.1) is 5.92 Å². The number of carbonyl (C=O) groups is 1. The second kappa shape index (κ2) is 3.96. The molecule has 1 fully saturated rings. The third kappa shape index (κ3) is 1.87. The molecular weight excluding hydrogens is 178 g/mol. The van der Waals surface area contributed by atoms with E-state index in [9.17, 15) is 4.79 Å². The van der Waals surface area contributed by atoms with E-state index in [2.05, 4.69) is 12.2 Å². The maximum Gasteiger partial charge on any atom is 0.142 e. The Balaban J connectivity index is 1.95. The van der Waals surface area contributed by atoms with E-state index in [4.69, 9.17) is 4.42 Å². The summed E-state index contributed by atoms with van der Waals surface area (Å²) in [6.07, 6.45) is 4.73. The Morgan fingerprint density at radius 3 is 3.14 bits per heavy atom. The molecule has 2 atom stereocenters. The van der Waals surface area contributed by atoms with Crippen LogP contribution in [0.1, 0.15) is 18.9 Å². The lowest BCUT2D eigenvalue weighted by Gasteiger charge is -2.12. The zero-order valence-electron chi connectivity index (χ0n) is 8.32. The topological polar surface area (TPSA) is 42.2 Å². The quantitative estimate of drug-likeness (QED) is 0.788. The van der Waals surface area contributed by atoms with Crippen LogP contribution >= 0.6 is 0 Å². The van der Waals surface area contributed by atoms with Crippen molar-refractivity contribution < 1.29 is 9.21 Å². The van der Waals surface area contributed by atoms with Gasteiger partial charge in [0.1, 0.15) is 5.78 Å². The Labute approximate surface area is 83.5 Å². The molecule has 0 aliphatic carbocycles. The van der Waals surface area contributed by atoms with Gasteiger partial charge in [-0.1, -0.05) is 0 Å². The highest BCUT2D eigenvalue weighted by atomic mass is 16.3. The van der Waals surface area contributed by atoms with Crippen LogP contribution < -0.4 is 5.32 Å². The van der Waals surface area contributed by atoms with E-state index in [0.717, 1.165) is 18.5 Å². The fraction of sp³-hybridized carbons (Fsp3) is 0.545. The fourth-order valence-electron chi connectivity index (χ4n) is 2.02. The summed E-state index contributed by atoms with van der Waals surface area (Å²) in [5, 5.41) is 3.29. The second-order valence-electron chi connectivity index (χ2n) is 3.91. The minimum absolute atomic E-state index is 0.185. The molecule has 1 aliphatic rings. The van der Waals surface area contributed by atoms with E-state index in [0.29, 0.717) is 18.2 Å². The molecular formula is C11H15NO2. The maximum atomic E-state index is 11.8. The summed E-state index contributed by atoms with van der Waals surface area (Å²) in [6.45, 7) is 3.04. The van der Waals surface area contributed by atoms with E-state index >= 15 is 0 Å². The van der Waals surface area contributed by atoms with Crippen LogP contribution in [-0.2, 0) is 11.2 Å². The lowest BCUT2D eigenvalue weighted by Crippen LogP contribution is -2.29. The van der Waals surface area contributed by atoms with Gasteiger partial charge < -0.3 is 9.73 Å². The molecule has 1 saturated heterocycles. The van der Waals surface area contributed by atoms with Gasteiger partial charge in [0, 0.05) is 18.4 Å². The van der Waals surface area contributed by atoms with Gasteiger partial charge in [-0.25, -0.2) is 0 Å². The Morgan fingerprint density at radius 1 is 1.71 bits per heavy atom. The highest BCUT2D eigenvalue weighted by Gasteiger charge is 2.28. The molecule has 1 aromatic heterocycles. The van der Waals surface area contributed by atoms with Gasteiger partial charge in [0.15, 0.2) is 0 Å². The van der Waals surface area contributed by atoms with Gasteiger partial charge in [-0.15, -0.1) is 0 Å². The van der Waals surface area contributed by atoms with Crippen LogP contribution in [0.5, 0.6) is 0 Å². The molecule has 2 heterocycles. The summed E-state index contributed by atoms with van der Waals surface area (Å²) in [4.78, 5) is 11.8. The second-order valence-corrected chi connectivity index (χ2v) is 3.91. The van der Waals surface area contributed by atoms with Crippen molar-refractivity contribution in [3.8, 4) is 0 Å². The van der Waals surface area contributed by atoms with Crippen LogP contribution in [-0.4, -0.2) is 18.4 Å². The molecule has 3 heteroatoms. The Bertz CT molecular complexity index is 305. The molecule has 3 nitrogen and oxygen atoms in total. The largest absolute Gasteiger partial charge is 0.472 e. The first kappa shape index (κ1) is 9.46. The number of Topliss-reactive ketones (excluding diaryl/α,β-unsaturated/α-hetero) is 1. The zero-order valence-corrected chi connectivity index (χ0v) is 8.32. The molecule has 76 valence electrons. The summed E-state index contributed by atoms with van der Waals surface area (Å²) >= 11 is 0. The van der Waals surface area contributed by atoms with Gasteiger partial charge in [0.05, 0.1) is 12.5 Å². The highest BCUT2D eigenvalue weighted by Crippen LogP contribution is 2.18. The predicted molar refractivity (Wildman–Crippen MR) is 53.0 cm³/mol. The number of nitrogens with one attached hydrogen (secondary N) is 1. The Morgan fingerprint density at radius 2 is 2.57 bits per heavy atom. The van der Waals surface area contributed by atoms with Gasteiger partial charge in [-0.2, -0.15) is 0 Å². The summed E-state index contributed by atoms with van der Waals surface area (Å²) in [6, 6.07) is 2.18. The van der Waals surface area contributed by atoms with Gasteiger partial charge in [-0.3, -0.25) is 4.79 Å². The molecule has 0 saturated carbocycles. The van der Waals surface area contributed by atoms with Crippen LogP contribution in [0.2, 0.25) is 0 Å². The summed E-state index contributed by atoms with van der Waals surface area (Å²) < 4.78 is 4.94. The van der Waals surface area contributed by atoms with Gasteiger partial charge >= 0.3 is 0 Å². The first-order valence-corrected chi connectivity index (χ1v) is 5.04. The van der Waals surface area contributed by atoms with Gasteiger partial charge in [-0.05, 0) is 31.5 Å². The molecule has 1 aromatic rings. The Hall–Kier alpha value is -1.09. The lowest BCUT2D eigenvalue weighted by molar-refractivity contribution is -0.122. The first-order valence-electron chi connectivity index (χ1n) is 5.04. The number of carbonyl (C=O) groups excluding carboxylic acids is 1. The molecule has 2 rings (SSSR count). The Kier molecular flexibility index (Phi) is 2.68. The molecule has 14 heavy (non-hydrogen) atoms. The number of rotatable bonds is 3. The van der Waals surface area contributed by atoms with Crippen molar-refractivity contribution in [1.82, 2.24) is 5.32 Å². The standard InChI is InChI=1S/C11H15NO2/c1-8-10(2-4-12-8)11(13)6-9-3-5-14-7-9/h3,5,7-8,10,12H,2,4,6H2,1H3. The zero-order chi connectivity index (χ0) is 9.97. The third-order valence-electron chi connectivity index (χ3n) is 2.90. The van der Waals surface area contributed by atoms with E-state index < -0.39 is 0 Å². The monoisotopic (exact) mass is 193 g/mol. The van der Waals surface area contributed by atoms with E-state index in [1.54, 1.807) is 12.5 Å². The summed E-state index contributed by atoms with van der Waals surface area (Å²) in [7, 11) is 0. The van der Waals surface area contributed by atoms with E-state index in [-0.39, 0.29) is 5.92 Å². The van der Waals surface area contributed by atoms with E-state index in [1.807, 2.05) is 6.07 Å². The van der Waals surface area contributed by atoms with Crippen molar-refractivity contribution in [3.63, 3.8) is 0 Å². The average Bonchev–Trinajstić information content (AvgIpc) is 2.75. The molecule has 0 bridgehead atoms.